The van der Waals surface area contributed by atoms with Crippen molar-refractivity contribution < 1.29 is 42.8 Å². The van der Waals surface area contributed by atoms with Crippen LogP contribution in [0.2, 0.25) is 0 Å². The van der Waals surface area contributed by atoms with Gasteiger partial charge in [0.2, 0.25) is 0 Å². The first-order valence-corrected chi connectivity index (χ1v) is 11.2. The van der Waals surface area contributed by atoms with Crippen molar-refractivity contribution in [2.45, 2.75) is 40.0 Å². The third kappa shape index (κ3) is 13.1. The summed E-state index contributed by atoms with van der Waals surface area (Å²) in [5.41, 5.74) is 0.919. The van der Waals surface area contributed by atoms with Gasteiger partial charge in [-0.2, -0.15) is 0 Å². The van der Waals surface area contributed by atoms with Crippen LogP contribution >= 0.6 is 0 Å². The molecule has 0 saturated carbocycles. The topological polar surface area (TPSA) is 145 Å². The van der Waals surface area contributed by atoms with Gasteiger partial charge >= 0.3 is 35.9 Å². The largest absolute Gasteiger partial charge is 0.463 e. The molecule has 12 nitrogen and oxygen atoms in total. The van der Waals surface area contributed by atoms with Gasteiger partial charge < -0.3 is 28.4 Å². The maximum atomic E-state index is 11.4. The van der Waals surface area contributed by atoms with E-state index >= 15 is 0 Å². The molecule has 1 aromatic rings. The minimum Gasteiger partial charge on any atom is -0.463 e. The minimum atomic E-state index is -0.482. The number of carbonyl (C=O) groups is 3. The average Bonchev–Trinajstić information content (AvgIpc) is 2.82. The highest BCUT2D eigenvalue weighted by atomic mass is 16.6. The number of aromatic nitrogens is 3. The highest BCUT2D eigenvalue weighted by Crippen LogP contribution is 2.15. The first-order chi connectivity index (χ1) is 17.1. The number of rotatable bonds is 18. The molecule has 0 aliphatic carbocycles. The molecule has 1 aromatic heterocycles. The lowest BCUT2D eigenvalue weighted by molar-refractivity contribution is -0.140. The summed E-state index contributed by atoms with van der Waals surface area (Å²) in [6.45, 7) is 16.1. The quantitative estimate of drug-likeness (QED) is 0.124. The van der Waals surface area contributed by atoms with Crippen molar-refractivity contribution in [3.8, 4) is 18.0 Å². The van der Waals surface area contributed by atoms with Crippen LogP contribution in [0, 0.1) is 0 Å². The van der Waals surface area contributed by atoms with E-state index in [1.165, 1.54) is 0 Å². The fraction of sp³-hybridized carbons (Fsp3) is 0.500. The lowest BCUT2D eigenvalue weighted by atomic mass is 10.4. The maximum absolute atomic E-state index is 11.4. The molecule has 0 fully saturated rings. The number of esters is 3. The molecule has 0 radical (unpaired) electrons. The predicted octanol–water partition coefficient (Wildman–Crippen LogP) is 2.54. The summed E-state index contributed by atoms with van der Waals surface area (Å²) >= 11 is 0. The van der Waals surface area contributed by atoms with Gasteiger partial charge in [-0.25, -0.2) is 14.4 Å². The lowest BCUT2D eigenvalue weighted by Crippen LogP contribution is -2.13. The summed E-state index contributed by atoms with van der Waals surface area (Å²) in [6.07, 6.45) is 1.16. The minimum absolute atomic E-state index is 0.0522. The Morgan fingerprint density at radius 3 is 1.00 bits per heavy atom. The van der Waals surface area contributed by atoms with E-state index in [0.29, 0.717) is 36.0 Å². The van der Waals surface area contributed by atoms with Gasteiger partial charge in [0.15, 0.2) is 0 Å². The van der Waals surface area contributed by atoms with E-state index in [-0.39, 0.29) is 57.7 Å². The molecule has 0 aliphatic heterocycles. The molecule has 36 heavy (non-hydrogen) atoms. The molecular formula is C24H33N3O9. The van der Waals surface area contributed by atoms with Gasteiger partial charge in [-0.3, -0.25) is 0 Å². The number of nitrogens with zero attached hydrogens (tertiary/aromatic N) is 3. The first-order valence-electron chi connectivity index (χ1n) is 11.2. The summed E-state index contributed by atoms with van der Waals surface area (Å²) < 4.78 is 31.5. The maximum Gasteiger partial charge on any atom is 0.333 e. The highest BCUT2D eigenvalue weighted by molar-refractivity contribution is 5.87. The molecule has 0 amide bonds. The fourth-order valence-electron chi connectivity index (χ4n) is 2.05. The molecule has 198 valence electrons. The molecule has 0 aliphatic rings. The second-order valence-corrected chi connectivity index (χ2v) is 7.54. The number of hydrogen-bond acceptors (Lipinski definition) is 12. The smallest absolute Gasteiger partial charge is 0.333 e. The third-order valence-corrected chi connectivity index (χ3v) is 3.88. The van der Waals surface area contributed by atoms with Crippen LogP contribution in [0.3, 0.4) is 0 Å². The Balaban J connectivity index is 2.61. The summed E-state index contributed by atoms with van der Waals surface area (Å²) in [5, 5.41) is 0. The Bertz CT molecular complexity index is 815. The van der Waals surface area contributed by atoms with Crippen molar-refractivity contribution in [1.29, 1.82) is 0 Å². The van der Waals surface area contributed by atoms with Gasteiger partial charge in [-0.05, 0) is 20.8 Å². The van der Waals surface area contributed by atoms with Gasteiger partial charge in [-0.15, -0.1) is 15.0 Å². The van der Waals surface area contributed by atoms with E-state index < -0.39 is 17.9 Å². The van der Waals surface area contributed by atoms with Crippen LogP contribution in [0.15, 0.2) is 36.5 Å². The van der Waals surface area contributed by atoms with Crippen LogP contribution in [0.1, 0.15) is 40.0 Å². The Morgan fingerprint density at radius 1 is 0.528 bits per heavy atom. The van der Waals surface area contributed by atoms with Crippen molar-refractivity contribution in [1.82, 2.24) is 15.0 Å². The molecular weight excluding hydrogens is 474 g/mol. The summed E-state index contributed by atoms with van der Waals surface area (Å²) in [6, 6.07) is -0.157. The normalized spacial score (nSPS) is 10.1. The molecule has 0 bridgehead atoms. The van der Waals surface area contributed by atoms with E-state index in [9.17, 15) is 14.4 Å². The van der Waals surface area contributed by atoms with Crippen LogP contribution in [0.25, 0.3) is 0 Å². The molecule has 0 aromatic carbocycles. The molecule has 0 saturated heterocycles. The Morgan fingerprint density at radius 2 is 0.778 bits per heavy atom. The molecule has 12 heteroatoms. The van der Waals surface area contributed by atoms with E-state index in [1.54, 1.807) is 20.8 Å². The summed E-state index contributed by atoms with van der Waals surface area (Å²) in [5.74, 6) is -1.45. The van der Waals surface area contributed by atoms with E-state index in [1.807, 2.05) is 0 Å². The van der Waals surface area contributed by atoms with Gasteiger partial charge in [0.25, 0.3) is 0 Å². The molecule has 1 rings (SSSR count). The Labute approximate surface area is 210 Å². The van der Waals surface area contributed by atoms with Gasteiger partial charge in [0, 0.05) is 36.0 Å². The van der Waals surface area contributed by atoms with Crippen molar-refractivity contribution in [2.75, 3.05) is 39.6 Å². The average molecular weight is 508 g/mol. The number of ether oxygens (including phenoxy) is 6. The standard InChI is InChI=1S/C24H33N3O9/c1-16(2)19(28)31-10-7-13-34-22-25-23(35-14-8-11-32-20(29)17(3)4)27-24(26-22)36-15-9-12-33-21(30)18(5)6/h1,3,5,7-15H2,2,4,6H3. The van der Waals surface area contributed by atoms with E-state index in [4.69, 9.17) is 28.4 Å². The zero-order chi connectivity index (χ0) is 26.9. The summed E-state index contributed by atoms with van der Waals surface area (Å²) in [4.78, 5) is 46.4. The highest BCUT2D eigenvalue weighted by Gasteiger charge is 2.12. The second kappa shape index (κ2) is 16.6. The summed E-state index contributed by atoms with van der Waals surface area (Å²) in [7, 11) is 0. The van der Waals surface area contributed by atoms with Crippen molar-refractivity contribution in [3.63, 3.8) is 0 Å². The van der Waals surface area contributed by atoms with E-state index in [2.05, 4.69) is 34.7 Å². The third-order valence-electron chi connectivity index (χ3n) is 3.88. The zero-order valence-electron chi connectivity index (χ0n) is 21.0. The van der Waals surface area contributed by atoms with Gasteiger partial charge in [-0.1, -0.05) is 19.7 Å². The zero-order valence-corrected chi connectivity index (χ0v) is 21.0. The predicted molar refractivity (Wildman–Crippen MR) is 127 cm³/mol. The van der Waals surface area contributed by atoms with Gasteiger partial charge in [0.05, 0.1) is 39.6 Å². The second-order valence-electron chi connectivity index (χ2n) is 7.54. The molecule has 0 unspecified atom stereocenters. The molecule has 0 N–H and O–H groups in total. The van der Waals surface area contributed by atoms with Gasteiger partial charge in [0.1, 0.15) is 0 Å². The monoisotopic (exact) mass is 507 g/mol. The Hall–Kier alpha value is -3.96. The number of carbonyl (C=O) groups excluding carboxylic acids is 3. The van der Waals surface area contributed by atoms with E-state index in [0.717, 1.165) is 0 Å². The molecule has 0 spiro atoms. The number of hydrogen-bond donors (Lipinski definition) is 0. The molecule has 1 heterocycles. The van der Waals surface area contributed by atoms with Crippen LogP contribution in [-0.4, -0.2) is 72.5 Å². The first kappa shape index (κ1) is 30.1. The van der Waals surface area contributed by atoms with Crippen LogP contribution in [0.5, 0.6) is 18.0 Å². The van der Waals surface area contributed by atoms with Crippen LogP contribution in [0.4, 0.5) is 0 Å². The van der Waals surface area contributed by atoms with Crippen LogP contribution in [-0.2, 0) is 28.6 Å². The molecule has 0 atom stereocenters. The van der Waals surface area contributed by atoms with Crippen molar-refractivity contribution in [3.05, 3.63) is 36.5 Å². The fourth-order valence-corrected chi connectivity index (χ4v) is 2.05. The van der Waals surface area contributed by atoms with Crippen LogP contribution < -0.4 is 14.2 Å². The van der Waals surface area contributed by atoms with Crippen molar-refractivity contribution >= 4 is 17.9 Å². The Kier molecular flexibility index (Phi) is 13.9. The lowest BCUT2D eigenvalue weighted by Gasteiger charge is -2.10. The van der Waals surface area contributed by atoms with Crippen molar-refractivity contribution in [2.24, 2.45) is 0 Å². The SMILES string of the molecule is C=C(C)C(=O)OCCCOc1nc(OCCCOC(=O)C(=C)C)nc(OCCCOC(=O)C(=C)C)n1.